The van der Waals surface area contributed by atoms with Crippen molar-refractivity contribution in [2.45, 2.75) is 26.2 Å². The number of aromatic nitrogens is 2. The molecule has 0 aliphatic heterocycles. The van der Waals surface area contributed by atoms with Crippen LogP contribution in [-0.4, -0.2) is 33.7 Å². The minimum Gasteiger partial charge on any atom is -0.338 e. The molecule has 1 heterocycles. The molecule has 0 bridgehead atoms. The van der Waals surface area contributed by atoms with Crippen molar-refractivity contribution in [2.75, 3.05) is 13.1 Å². The van der Waals surface area contributed by atoms with Gasteiger partial charge < -0.3 is 4.90 Å². The van der Waals surface area contributed by atoms with Gasteiger partial charge >= 0.3 is 0 Å². The molecule has 0 spiro atoms. The van der Waals surface area contributed by atoms with Gasteiger partial charge in [-0.15, -0.1) is 0 Å². The predicted octanol–water partition coefficient (Wildman–Crippen LogP) is 2.63. The quantitative estimate of drug-likeness (QED) is 0.770. The Kier molecular flexibility index (Phi) is 5.56. The van der Waals surface area contributed by atoms with Crippen LogP contribution in [0.2, 0.25) is 0 Å². The average molecular weight is 359 g/mol. The second-order valence-corrected chi connectivity index (χ2v) is 5.60. The summed E-state index contributed by atoms with van der Waals surface area (Å²) in [5.74, 6) is 0.805. The summed E-state index contributed by atoms with van der Waals surface area (Å²) >= 11 is 0. The normalized spacial score (nSPS) is 14.0. The molecule has 109 valence electrons. The second-order valence-electron chi connectivity index (χ2n) is 5.60. The number of rotatable bonds is 5. The molecule has 1 aromatic carbocycles. The second kappa shape index (κ2) is 7.02. The Morgan fingerprint density at radius 1 is 1.52 bits per heavy atom. The van der Waals surface area contributed by atoms with Crippen molar-refractivity contribution in [3.8, 4) is 0 Å². The molecule has 1 aliphatic carbocycles. The maximum atomic E-state index is 12.8. The van der Waals surface area contributed by atoms with Crippen LogP contribution < -0.4 is 0 Å². The van der Waals surface area contributed by atoms with Crippen LogP contribution in [0.4, 0.5) is 0 Å². The molecule has 1 saturated carbocycles. The van der Waals surface area contributed by atoms with Gasteiger partial charge in [-0.2, -0.15) is 24.3 Å². The van der Waals surface area contributed by atoms with Crippen molar-refractivity contribution >= 4 is 16.8 Å². The van der Waals surface area contributed by atoms with Crippen molar-refractivity contribution < 1.29 is 37.5 Å². The summed E-state index contributed by atoms with van der Waals surface area (Å²) in [6.07, 6.45) is 3.50. The Hall–Kier alpha value is -0.736. The molecular weight excluding hydrogens is 339 g/mol. The predicted molar refractivity (Wildman–Crippen MR) is 78.5 cm³/mol. The number of hydrogen-bond acceptors (Lipinski definition) is 2. The average Bonchev–Trinajstić information content (AvgIpc) is 3.18. The number of benzene rings is 1. The van der Waals surface area contributed by atoms with E-state index in [1.807, 2.05) is 30.1 Å². The van der Waals surface area contributed by atoms with Gasteiger partial charge in [-0.25, -0.2) is 5.10 Å². The fraction of sp³-hybridized carbons (Fsp3) is 0.500. The number of amides is 1. The zero-order valence-corrected chi connectivity index (χ0v) is 15.5. The third-order valence-corrected chi connectivity index (χ3v) is 3.82. The van der Waals surface area contributed by atoms with Crippen LogP contribution in [0.3, 0.4) is 0 Å². The van der Waals surface area contributed by atoms with Gasteiger partial charge in [-0.3, -0.25) is 9.48 Å². The van der Waals surface area contributed by atoms with Crippen molar-refractivity contribution in [2.24, 2.45) is 13.0 Å². The third kappa shape index (κ3) is 3.54. The van der Waals surface area contributed by atoms with E-state index in [1.165, 1.54) is 12.8 Å². The topological polar surface area (TPSA) is 38.1 Å². The largest absolute Gasteiger partial charge is 0.338 e. The van der Waals surface area contributed by atoms with Gasteiger partial charge in [0, 0.05) is 52.8 Å². The molecule has 1 fully saturated rings. The first kappa shape index (κ1) is 16.6. The molecular formula is C16H20N3OY-. The van der Waals surface area contributed by atoms with Crippen molar-refractivity contribution in [3.63, 3.8) is 0 Å². The van der Waals surface area contributed by atoms with E-state index >= 15 is 0 Å². The summed E-state index contributed by atoms with van der Waals surface area (Å²) < 4.78 is 1.69. The maximum Gasteiger partial charge on any atom is 0.260 e. The Balaban J connectivity index is 0.00000161. The SMILES string of the molecule is CCCN(CC1CC1)C(=O)c1c2ccc[c-]c2nn1C.[Y]. The number of aryl methyl sites for hydroxylation is 1. The Morgan fingerprint density at radius 2 is 2.29 bits per heavy atom. The van der Waals surface area contributed by atoms with Crippen molar-refractivity contribution in [3.05, 3.63) is 30.0 Å². The Bertz CT molecular complexity index is 633. The summed E-state index contributed by atoms with van der Waals surface area (Å²) in [6, 6.07) is 8.78. The van der Waals surface area contributed by atoms with E-state index in [1.54, 1.807) is 4.68 Å². The van der Waals surface area contributed by atoms with Crippen LogP contribution in [0.15, 0.2) is 18.2 Å². The standard InChI is InChI=1S/C16H20N3O.Y/c1-3-10-19(11-12-8-9-12)16(20)15-13-6-4-5-7-14(13)17-18(15)2;/h4-6,12H,3,8-11H2,1-2H3;/q-1;. The van der Waals surface area contributed by atoms with Gasteiger partial charge in [0.1, 0.15) is 0 Å². The summed E-state index contributed by atoms with van der Waals surface area (Å²) in [7, 11) is 1.84. The first-order valence-corrected chi connectivity index (χ1v) is 7.33. The molecule has 1 aromatic heterocycles. The van der Waals surface area contributed by atoms with E-state index in [4.69, 9.17) is 0 Å². The van der Waals surface area contributed by atoms with E-state index in [0.717, 1.165) is 30.4 Å². The minimum atomic E-state index is 0. The molecule has 3 rings (SSSR count). The van der Waals surface area contributed by atoms with Crippen LogP contribution in [-0.2, 0) is 39.8 Å². The summed E-state index contributed by atoms with van der Waals surface area (Å²) in [5, 5.41) is 5.28. The third-order valence-electron chi connectivity index (χ3n) is 3.82. The minimum absolute atomic E-state index is 0. The van der Waals surface area contributed by atoms with E-state index < -0.39 is 0 Å². The van der Waals surface area contributed by atoms with Gasteiger partial charge in [0.25, 0.3) is 5.91 Å². The molecule has 0 unspecified atom stereocenters. The molecule has 0 atom stereocenters. The summed E-state index contributed by atoms with van der Waals surface area (Å²) in [5.41, 5.74) is 1.45. The van der Waals surface area contributed by atoms with Crippen LogP contribution in [0, 0.1) is 12.0 Å². The number of fused-ring (bicyclic) bond motifs is 1. The number of carbonyl (C=O) groups excluding carboxylic acids is 1. The summed E-state index contributed by atoms with van der Waals surface area (Å²) in [6.45, 7) is 3.82. The fourth-order valence-electron chi connectivity index (χ4n) is 2.64. The van der Waals surface area contributed by atoms with Gasteiger partial charge in [0.15, 0.2) is 0 Å². The zero-order valence-electron chi connectivity index (χ0n) is 12.7. The number of nitrogens with zero attached hydrogens (tertiary/aromatic N) is 3. The molecule has 21 heavy (non-hydrogen) atoms. The maximum absolute atomic E-state index is 12.8. The number of carbonyl (C=O) groups is 1. The number of hydrogen-bond donors (Lipinski definition) is 0. The van der Waals surface area contributed by atoms with Crippen molar-refractivity contribution in [1.29, 1.82) is 0 Å². The van der Waals surface area contributed by atoms with Crippen LogP contribution in [0.5, 0.6) is 0 Å². The molecule has 1 radical (unpaired) electrons. The van der Waals surface area contributed by atoms with E-state index in [-0.39, 0.29) is 38.6 Å². The molecule has 0 saturated heterocycles. The van der Waals surface area contributed by atoms with E-state index in [9.17, 15) is 4.79 Å². The molecule has 1 amide bonds. The Morgan fingerprint density at radius 3 is 2.95 bits per heavy atom. The first-order chi connectivity index (χ1) is 9.70. The van der Waals surface area contributed by atoms with E-state index in [2.05, 4.69) is 18.1 Å². The van der Waals surface area contributed by atoms with Gasteiger partial charge in [0.05, 0.1) is 5.69 Å². The summed E-state index contributed by atoms with van der Waals surface area (Å²) in [4.78, 5) is 14.8. The molecule has 0 N–H and O–H groups in total. The zero-order chi connectivity index (χ0) is 14.1. The first-order valence-electron chi connectivity index (χ1n) is 7.33. The van der Waals surface area contributed by atoms with Crippen LogP contribution in [0.1, 0.15) is 36.7 Å². The molecule has 1 aliphatic rings. The Labute approximate surface area is 150 Å². The van der Waals surface area contributed by atoms with Gasteiger partial charge in [-0.1, -0.05) is 12.3 Å². The smallest absolute Gasteiger partial charge is 0.260 e. The fourth-order valence-corrected chi connectivity index (χ4v) is 2.64. The molecule has 2 aromatic rings. The van der Waals surface area contributed by atoms with Gasteiger partial charge in [-0.05, 0) is 30.7 Å². The molecule has 4 nitrogen and oxygen atoms in total. The van der Waals surface area contributed by atoms with Crippen LogP contribution in [0.25, 0.3) is 10.9 Å². The monoisotopic (exact) mass is 359 g/mol. The molecule has 5 heteroatoms. The van der Waals surface area contributed by atoms with Crippen molar-refractivity contribution in [1.82, 2.24) is 14.7 Å². The van der Waals surface area contributed by atoms with Crippen LogP contribution >= 0.6 is 0 Å². The van der Waals surface area contributed by atoms with Gasteiger partial charge in [0.2, 0.25) is 0 Å². The van der Waals surface area contributed by atoms with E-state index in [0.29, 0.717) is 11.6 Å².